The third-order valence-corrected chi connectivity index (χ3v) is 7.22. The lowest BCUT2D eigenvalue weighted by Gasteiger charge is -2.34. The quantitative estimate of drug-likeness (QED) is 0.662. The number of nitrogens with zero attached hydrogens (tertiary/aromatic N) is 7. The van der Waals surface area contributed by atoms with Gasteiger partial charge in [0.1, 0.15) is 0 Å². The Morgan fingerprint density at radius 2 is 2.00 bits per heavy atom. The van der Waals surface area contributed by atoms with E-state index >= 15 is 0 Å². The summed E-state index contributed by atoms with van der Waals surface area (Å²) in [6, 6.07) is 0.431. The van der Waals surface area contributed by atoms with E-state index in [1.54, 1.807) is 11.3 Å². The van der Waals surface area contributed by atoms with Crippen LogP contribution in [0, 0.1) is 0 Å². The SMILES string of the molecule is CC(C)(C)c1nc(CN2CCN(C(=O)CSc3nnnn3C3CC3)CC2)cs1. The zero-order chi connectivity index (χ0) is 19.7. The normalized spacial score (nSPS) is 18.6. The molecule has 0 spiro atoms. The summed E-state index contributed by atoms with van der Waals surface area (Å²) in [5.74, 6) is 0.562. The van der Waals surface area contributed by atoms with Crippen LogP contribution < -0.4 is 0 Å². The van der Waals surface area contributed by atoms with Crippen molar-refractivity contribution >= 4 is 29.0 Å². The van der Waals surface area contributed by atoms with Crippen molar-refractivity contribution in [3.63, 3.8) is 0 Å². The molecule has 10 heteroatoms. The third-order valence-electron chi connectivity index (χ3n) is 4.98. The van der Waals surface area contributed by atoms with Gasteiger partial charge in [-0.2, -0.15) is 0 Å². The molecule has 2 fully saturated rings. The van der Waals surface area contributed by atoms with Crippen LogP contribution in [0.4, 0.5) is 0 Å². The number of tetrazole rings is 1. The van der Waals surface area contributed by atoms with Crippen LogP contribution in [0.1, 0.15) is 50.4 Å². The molecule has 0 radical (unpaired) electrons. The second kappa shape index (κ2) is 8.08. The number of aromatic nitrogens is 5. The van der Waals surface area contributed by atoms with Crippen molar-refractivity contribution in [2.45, 2.75) is 56.8 Å². The van der Waals surface area contributed by atoms with Gasteiger partial charge in [0.2, 0.25) is 11.1 Å². The van der Waals surface area contributed by atoms with Crippen LogP contribution in [-0.4, -0.2) is 72.8 Å². The second-order valence-electron chi connectivity index (χ2n) is 8.48. The molecule has 3 heterocycles. The maximum atomic E-state index is 12.6. The molecule has 1 amide bonds. The number of thiazole rings is 1. The Kier molecular flexibility index (Phi) is 5.71. The first-order valence-electron chi connectivity index (χ1n) is 9.76. The molecule has 0 aromatic carbocycles. The Hall–Kier alpha value is -1.52. The average molecular weight is 422 g/mol. The molecular weight excluding hydrogens is 394 g/mol. The second-order valence-corrected chi connectivity index (χ2v) is 10.3. The van der Waals surface area contributed by atoms with Crippen LogP contribution in [0.2, 0.25) is 0 Å². The Labute approximate surface area is 173 Å². The predicted octanol–water partition coefficient (Wildman–Crippen LogP) is 2.20. The van der Waals surface area contributed by atoms with Crippen LogP contribution in [0.5, 0.6) is 0 Å². The summed E-state index contributed by atoms with van der Waals surface area (Å²) in [6.45, 7) is 10.8. The first kappa shape index (κ1) is 19.8. The first-order chi connectivity index (χ1) is 13.4. The molecule has 1 aliphatic carbocycles. The third kappa shape index (κ3) is 4.72. The fourth-order valence-electron chi connectivity index (χ4n) is 3.15. The van der Waals surface area contributed by atoms with Crippen molar-refractivity contribution in [2.24, 2.45) is 0 Å². The minimum atomic E-state index is 0.102. The van der Waals surface area contributed by atoms with Crippen molar-refractivity contribution < 1.29 is 4.79 Å². The molecule has 2 aromatic rings. The molecule has 1 saturated heterocycles. The van der Waals surface area contributed by atoms with E-state index in [0.29, 0.717) is 11.8 Å². The van der Waals surface area contributed by atoms with E-state index in [1.807, 2.05) is 9.58 Å². The highest BCUT2D eigenvalue weighted by Crippen LogP contribution is 2.36. The minimum absolute atomic E-state index is 0.102. The van der Waals surface area contributed by atoms with Crippen LogP contribution in [0.15, 0.2) is 10.5 Å². The lowest BCUT2D eigenvalue weighted by molar-refractivity contribution is -0.130. The summed E-state index contributed by atoms with van der Waals surface area (Å²) in [7, 11) is 0. The van der Waals surface area contributed by atoms with Gasteiger partial charge in [-0.15, -0.1) is 16.4 Å². The van der Waals surface area contributed by atoms with Gasteiger partial charge in [0.05, 0.1) is 22.5 Å². The summed E-state index contributed by atoms with van der Waals surface area (Å²) in [4.78, 5) is 21.7. The predicted molar refractivity (Wildman–Crippen MR) is 109 cm³/mol. The zero-order valence-electron chi connectivity index (χ0n) is 16.7. The minimum Gasteiger partial charge on any atom is -0.339 e. The topological polar surface area (TPSA) is 80.0 Å². The number of hydrogen-bond acceptors (Lipinski definition) is 8. The molecule has 2 aliphatic rings. The van der Waals surface area contributed by atoms with Gasteiger partial charge in [0, 0.05) is 43.5 Å². The molecule has 1 aliphatic heterocycles. The van der Waals surface area contributed by atoms with Gasteiger partial charge >= 0.3 is 0 Å². The monoisotopic (exact) mass is 421 g/mol. The van der Waals surface area contributed by atoms with Crippen molar-refractivity contribution in [3.8, 4) is 0 Å². The summed E-state index contributed by atoms with van der Waals surface area (Å²) < 4.78 is 1.86. The van der Waals surface area contributed by atoms with Gasteiger partial charge in [-0.05, 0) is 23.3 Å². The molecule has 0 unspecified atom stereocenters. The van der Waals surface area contributed by atoms with Gasteiger partial charge in [-0.1, -0.05) is 32.5 Å². The van der Waals surface area contributed by atoms with E-state index in [2.05, 4.69) is 46.6 Å². The molecule has 8 nitrogen and oxygen atoms in total. The summed E-state index contributed by atoms with van der Waals surface area (Å²) in [6.07, 6.45) is 2.26. The van der Waals surface area contributed by atoms with E-state index in [0.717, 1.165) is 56.4 Å². The lowest BCUT2D eigenvalue weighted by Crippen LogP contribution is -2.48. The zero-order valence-corrected chi connectivity index (χ0v) is 18.3. The Morgan fingerprint density at radius 3 is 2.64 bits per heavy atom. The Morgan fingerprint density at radius 1 is 1.25 bits per heavy atom. The molecule has 28 heavy (non-hydrogen) atoms. The molecule has 2 aromatic heterocycles. The van der Waals surface area contributed by atoms with Crippen LogP contribution >= 0.6 is 23.1 Å². The van der Waals surface area contributed by atoms with E-state index < -0.39 is 0 Å². The highest BCUT2D eigenvalue weighted by atomic mass is 32.2. The fraction of sp³-hybridized carbons (Fsp3) is 0.722. The van der Waals surface area contributed by atoms with Gasteiger partial charge in [-0.25, -0.2) is 9.67 Å². The van der Waals surface area contributed by atoms with Gasteiger partial charge in [0.25, 0.3) is 0 Å². The number of rotatable bonds is 6. The van der Waals surface area contributed by atoms with Crippen LogP contribution in [0.25, 0.3) is 0 Å². The maximum Gasteiger partial charge on any atom is 0.233 e. The highest BCUT2D eigenvalue weighted by molar-refractivity contribution is 7.99. The number of piperazine rings is 1. The Bertz CT molecular complexity index is 816. The number of hydrogen-bond donors (Lipinski definition) is 0. The lowest BCUT2D eigenvalue weighted by atomic mass is 9.98. The molecule has 0 bridgehead atoms. The van der Waals surface area contributed by atoms with Gasteiger partial charge < -0.3 is 4.90 Å². The Balaban J connectivity index is 1.23. The summed E-state index contributed by atoms with van der Waals surface area (Å²) in [5, 5.41) is 15.9. The number of carbonyl (C=O) groups is 1. The first-order valence-corrected chi connectivity index (χ1v) is 11.6. The molecule has 4 rings (SSSR count). The van der Waals surface area contributed by atoms with Crippen molar-refractivity contribution in [1.29, 1.82) is 0 Å². The largest absolute Gasteiger partial charge is 0.339 e. The smallest absolute Gasteiger partial charge is 0.233 e. The van der Waals surface area contributed by atoms with Crippen LogP contribution in [-0.2, 0) is 16.8 Å². The van der Waals surface area contributed by atoms with E-state index in [1.165, 1.54) is 16.8 Å². The van der Waals surface area contributed by atoms with Gasteiger partial charge in [-0.3, -0.25) is 9.69 Å². The van der Waals surface area contributed by atoms with E-state index in [-0.39, 0.29) is 11.3 Å². The van der Waals surface area contributed by atoms with E-state index in [9.17, 15) is 4.79 Å². The van der Waals surface area contributed by atoms with Crippen molar-refractivity contribution in [1.82, 2.24) is 35.0 Å². The summed E-state index contributed by atoms with van der Waals surface area (Å²) >= 11 is 3.19. The van der Waals surface area contributed by atoms with E-state index in [4.69, 9.17) is 4.98 Å². The highest BCUT2D eigenvalue weighted by Gasteiger charge is 2.29. The number of thioether (sulfide) groups is 1. The standard InChI is InChI=1S/C18H27N7OS2/c1-18(2,3)16-19-13(11-27-16)10-23-6-8-24(9-7-23)15(26)12-28-17-20-21-22-25(17)14-4-5-14/h11,14H,4-10,12H2,1-3H3. The molecular formula is C18H27N7OS2. The van der Waals surface area contributed by atoms with Crippen LogP contribution in [0.3, 0.4) is 0 Å². The van der Waals surface area contributed by atoms with Crippen molar-refractivity contribution in [2.75, 3.05) is 31.9 Å². The maximum absolute atomic E-state index is 12.6. The molecule has 152 valence electrons. The van der Waals surface area contributed by atoms with Crippen molar-refractivity contribution in [3.05, 3.63) is 16.1 Å². The fourth-order valence-corrected chi connectivity index (χ4v) is 4.90. The molecule has 0 atom stereocenters. The molecule has 0 N–H and O–H groups in total. The number of carbonyl (C=O) groups excluding carboxylic acids is 1. The molecule has 1 saturated carbocycles. The average Bonchev–Trinajstić information content (AvgIpc) is 3.20. The summed E-state index contributed by atoms with van der Waals surface area (Å²) in [5.41, 5.74) is 1.24. The number of amides is 1. The van der Waals surface area contributed by atoms with Gasteiger partial charge in [0.15, 0.2) is 0 Å².